The molecule has 0 aliphatic carbocycles. The summed E-state index contributed by atoms with van der Waals surface area (Å²) in [6, 6.07) is 0. The summed E-state index contributed by atoms with van der Waals surface area (Å²) in [4.78, 5) is 13.9. The van der Waals surface area contributed by atoms with Gasteiger partial charge in [0.15, 0.2) is 0 Å². The van der Waals surface area contributed by atoms with Crippen LogP contribution < -0.4 is 0 Å². The first-order valence-corrected chi connectivity index (χ1v) is 6.56. The third-order valence-corrected chi connectivity index (χ3v) is 3.94. The van der Waals surface area contributed by atoms with Gasteiger partial charge in [-0.05, 0) is 18.5 Å². The monoisotopic (exact) mass is 228 g/mol. The van der Waals surface area contributed by atoms with Crippen LogP contribution in [-0.4, -0.2) is 39.8 Å². The van der Waals surface area contributed by atoms with E-state index in [1.807, 2.05) is 29.0 Å². The molecule has 1 amide bonds. The molecule has 0 N–H and O–H groups in total. The average Bonchev–Trinajstić information content (AvgIpc) is 2.65. The highest BCUT2D eigenvalue weighted by Gasteiger charge is 2.20. The summed E-state index contributed by atoms with van der Waals surface area (Å²) in [5.41, 5.74) is 1.64. The molecule has 1 aliphatic rings. The van der Waals surface area contributed by atoms with E-state index < -0.39 is 0 Å². The number of aryl methyl sites for hydroxylation is 1. The van der Waals surface area contributed by atoms with Crippen LogP contribution in [0.4, 0.5) is 0 Å². The molecule has 1 fully saturated rings. The number of carbonyl (C=O) groups excluding carboxylic acids is 1. The predicted molar refractivity (Wildman–Crippen MR) is 60.1 cm³/mol. The number of hydrogen-bond acceptors (Lipinski definition) is 4. The third-order valence-electron chi connectivity index (χ3n) is 2.28. The van der Waals surface area contributed by atoms with Crippen molar-refractivity contribution in [1.82, 2.24) is 9.27 Å². The molecule has 0 radical (unpaired) electrons. The van der Waals surface area contributed by atoms with Gasteiger partial charge in [-0.15, -0.1) is 0 Å². The third kappa shape index (κ3) is 1.93. The maximum Gasteiger partial charge on any atom is 0.256 e. The SMILES string of the molecule is Cc1nscc1C(=O)N1CCSCC1. The van der Waals surface area contributed by atoms with Gasteiger partial charge in [-0.3, -0.25) is 4.79 Å². The Morgan fingerprint density at radius 2 is 2.21 bits per heavy atom. The van der Waals surface area contributed by atoms with Crippen LogP contribution in [0.25, 0.3) is 0 Å². The van der Waals surface area contributed by atoms with Crippen LogP contribution >= 0.6 is 23.3 Å². The molecule has 0 aromatic carbocycles. The Morgan fingerprint density at radius 3 is 2.79 bits per heavy atom. The van der Waals surface area contributed by atoms with Crippen LogP contribution in [0.1, 0.15) is 16.1 Å². The van der Waals surface area contributed by atoms with Gasteiger partial charge in [-0.25, -0.2) is 0 Å². The largest absolute Gasteiger partial charge is 0.337 e. The summed E-state index contributed by atoms with van der Waals surface area (Å²) in [5, 5.41) is 1.85. The fourth-order valence-electron chi connectivity index (χ4n) is 1.43. The number of nitrogens with zero attached hydrogens (tertiary/aromatic N) is 2. The van der Waals surface area contributed by atoms with E-state index in [1.54, 1.807) is 0 Å². The van der Waals surface area contributed by atoms with E-state index in [2.05, 4.69) is 4.37 Å². The van der Waals surface area contributed by atoms with Gasteiger partial charge in [0.25, 0.3) is 5.91 Å². The van der Waals surface area contributed by atoms with Crippen molar-refractivity contribution in [3.63, 3.8) is 0 Å². The van der Waals surface area contributed by atoms with E-state index in [1.165, 1.54) is 11.5 Å². The van der Waals surface area contributed by atoms with Crippen molar-refractivity contribution in [2.24, 2.45) is 0 Å². The van der Waals surface area contributed by atoms with Crippen molar-refractivity contribution in [2.75, 3.05) is 24.6 Å². The number of carbonyl (C=O) groups is 1. The van der Waals surface area contributed by atoms with E-state index in [0.29, 0.717) is 0 Å². The topological polar surface area (TPSA) is 33.2 Å². The second kappa shape index (κ2) is 4.31. The molecule has 1 aromatic rings. The Kier molecular flexibility index (Phi) is 3.08. The molecule has 0 atom stereocenters. The van der Waals surface area contributed by atoms with Crippen molar-refractivity contribution < 1.29 is 4.79 Å². The molecule has 0 saturated carbocycles. The summed E-state index contributed by atoms with van der Waals surface area (Å²) >= 11 is 3.27. The predicted octanol–water partition coefficient (Wildman–Crippen LogP) is 1.64. The summed E-state index contributed by atoms with van der Waals surface area (Å²) in [6.45, 7) is 3.64. The van der Waals surface area contributed by atoms with Gasteiger partial charge in [0, 0.05) is 30.0 Å². The van der Waals surface area contributed by atoms with Crippen molar-refractivity contribution in [2.45, 2.75) is 6.92 Å². The van der Waals surface area contributed by atoms with Gasteiger partial charge in [-0.1, -0.05) is 0 Å². The van der Waals surface area contributed by atoms with E-state index in [4.69, 9.17) is 0 Å². The fraction of sp³-hybridized carbons (Fsp3) is 0.556. The first-order valence-electron chi connectivity index (χ1n) is 4.57. The van der Waals surface area contributed by atoms with Gasteiger partial charge in [-0.2, -0.15) is 16.1 Å². The van der Waals surface area contributed by atoms with Gasteiger partial charge in [0.2, 0.25) is 0 Å². The molecule has 2 heterocycles. The molecule has 1 aliphatic heterocycles. The second-order valence-electron chi connectivity index (χ2n) is 3.22. The average molecular weight is 228 g/mol. The van der Waals surface area contributed by atoms with Crippen LogP contribution in [0, 0.1) is 6.92 Å². The zero-order valence-corrected chi connectivity index (χ0v) is 9.66. The maximum absolute atomic E-state index is 12.0. The molecule has 0 unspecified atom stereocenters. The summed E-state index contributed by atoms with van der Waals surface area (Å²) in [7, 11) is 0. The smallest absolute Gasteiger partial charge is 0.256 e. The minimum absolute atomic E-state index is 0.150. The number of amides is 1. The molecule has 0 bridgehead atoms. The molecular formula is C9H12N2OS2. The zero-order valence-electron chi connectivity index (χ0n) is 8.02. The van der Waals surface area contributed by atoms with Crippen LogP contribution in [0.2, 0.25) is 0 Å². The van der Waals surface area contributed by atoms with Gasteiger partial charge >= 0.3 is 0 Å². The van der Waals surface area contributed by atoms with Crippen molar-refractivity contribution in [3.05, 3.63) is 16.6 Å². The quantitative estimate of drug-likeness (QED) is 0.732. The lowest BCUT2D eigenvalue weighted by molar-refractivity contribution is 0.0772. The Labute approximate surface area is 91.7 Å². The van der Waals surface area contributed by atoms with Crippen molar-refractivity contribution >= 4 is 29.2 Å². The lowest BCUT2D eigenvalue weighted by Crippen LogP contribution is -2.38. The Bertz CT molecular complexity index is 331. The summed E-state index contributed by atoms with van der Waals surface area (Å²) in [5.74, 6) is 2.27. The molecule has 0 spiro atoms. The Morgan fingerprint density at radius 1 is 1.50 bits per heavy atom. The number of aromatic nitrogens is 1. The van der Waals surface area contributed by atoms with E-state index in [0.717, 1.165) is 35.9 Å². The van der Waals surface area contributed by atoms with Crippen LogP contribution in [0.15, 0.2) is 5.38 Å². The van der Waals surface area contributed by atoms with Crippen molar-refractivity contribution in [1.29, 1.82) is 0 Å². The first kappa shape index (κ1) is 9.98. The van der Waals surface area contributed by atoms with E-state index in [-0.39, 0.29) is 5.91 Å². The highest BCUT2D eigenvalue weighted by Crippen LogP contribution is 2.16. The number of hydrogen-bond donors (Lipinski definition) is 0. The number of rotatable bonds is 1. The minimum Gasteiger partial charge on any atom is -0.337 e. The van der Waals surface area contributed by atoms with Gasteiger partial charge in [0.05, 0.1) is 11.3 Å². The van der Waals surface area contributed by atoms with Crippen LogP contribution in [-0.2, 0) is 0 Å². The Hall–Kier alpha value is -0.550. The molecule has 1 aromatic heterocycles. The van der Waals surface area contributed by atoms with Crippen molar-refractivity contribution in [3.8, 4) is 0 Å². The lowest BCUT2D eigenvalue weighted by atomic mass is 10.2. The minimum atomic E-state index is 0.150. The van der Waals surface area contributed by atoms with Crippen LogP contribution in [0.5, 0.6) is 0 Å². The summed E-state index contributed by atoms with van der Waals surface area (Å²) in [6.07, 6.45) is 0. The van der Waals surface area contributed by atoms with E-state index >= 15 is 0 Å². The molecule has 5 heteroatoms. The molecule has 3 nitrogen and oxygen atoms in total. The van der Waals surface area contributed by atoms with E-state index in [9.17, 15) is 4.79 Å². The normalized spacial score (nSPS) is 17.1. The highest BCUT2D eigenvalue weighted by molar-refractivity contribution is 7.99. The molecule has 76 valence electrons. The molecule has 14 heavy (non-hydrogen) atoms. The van der Waals surface area contributed by atoms with Crippen LogP contribution in [0.3, 0.4) is 0 Å². The zero-order chi connectivity index (χ0) is 9.97. The fourth-order valence-corrected chi connectivity index (χ4v) is 3.02. The Balaban J connectivity index is 2.11. The standard InChI is InChI=1S/C9H12N2OS2/c1-7-8(6-14-10-7)9(12)11-2-4-13-5-3-11/h6H,2-5H2,1H3. The van der Waals surface area contributed by atoms with Gasteiger partial charge < -0.3 is 4.90 Å². The van der Waals surface area contributed by atoms with Gasteiger partial charge in [0.1, 0.15) is 0 Å². The molecular weight excluding hydrogens is 216 g/mol. The number of thioether (sulfide) groups is 1. The second-order valence-corrected chi connectivity index (χ2v) is 5.07. The first-order chi connectivity index (χ1) is 6.79. The summed E-state index contributed by atoms with van der Waals surface area (Å²) < 4.78 is 4.12. The maximum atomic E-state index is 12.0. The molecule has 1 saturated heterocycles. The lowest BCUT2D eigenvalue weighted by Gasteiger charge is -2.26. The molecule has 2 rings (SSSR count). The highest BCUT2D eigenvalue weighted by atomic mass is 32.2.